The van der Waals surface area contributed by atoms with E-state index in [2.05, 4.69) is 19.9 Å². The van der Waals surface area contributed by atoms with Gasteiger partial charge in [0.15, 0.2) is 0 Å². The van der Waals surface area contributed by atoms with E-state index in [0.29, 0.717) is 18.1 Å². The Labute approximate surface area is 129 Å². The van der Waals surface area contributed by atoms with Gasteiger partial charge >= 0.3 is 0 Å². The van der Waals surface area contributed by atoms with Gasteiger partial charge in [-0.15, -0.1) is 0 Å². The second kappa shape index (κ2) is 6.17. The first-order chi connectivity index (χ1) is 10.6. The number of carbonyl (C=O) groups is 1. The smallest absolute Gasteiger partial charge is 0.272 e. The van der Waals surface area contributed by atoms with Crippen LogP contribution in [0.4, 0.5) is 0 Å². The van der Waals surface area contributed by atoms with Gasteiger partial charge in [-0.05, 0) is 38.8 Å². The lowest BCUT2D eigenvalue weighted by Gasteiger charge is -2.32. The Balaban J connectivity index is 1.77. The molecule has 6 nitrogen and oxygen atoms in total. The predicted octanol–water partition coefficient (Wildman–Crippen LogP) is 1.90. The molecule has 0 aliphatic carbocycles. The number of hydrogen-bond acceptors (Lipinski definition) is 5. The Morgan fingerprint density at radius 3 is 2.59 bits per heavy atom. The first kappa shape index (κ1) is 14.6. The Hall–Kier alpha value is -2.37. The molecule has 1 saturated heterocycles. The fraction of sp³-hybridized carbons (Fsp3) is 0.438. The highest BCUT2D eigenvalue weighted by Gasteiger charge is 2.27. The number of aryl methyl sites for hydroxylation is 2. The van der Waals surface area contributed by atoms with Crippen LogP contribution in [-0.4, -0.2) is 43.8 Å². The van der Waals surface area contributed by atoms with Crippen molar-refractivity contribution in [1.82, 2.24) is 24.8 Å². The van der Waals surface area contributed by atoms with Crippen molar-refractivity contribution in [1.29, 1.82) is 0 Å². The second-order valence-corrected chi connectivity index (χ2v) is 5.61. The third kappa shape index (κ3) is 3.10. The van der Waals surface area contributed by atoms with Crippen molar-refractivity contribution in [2.45, 2.75) is 32.6 Å². The standard InChI is InChI=1S/C16H19N5O/c1-11-17-7-5-14(19-11)13-4-3-9-21(10-13)16(22)15-6-8-18-12(2)20-15/h5-8,13H,3-4,9-10H2,1-2H3/t13-/m0/s1. The van der Waals surface area contributed by atoms with Gasteiger partial charge in [0.25, 0.3) is 5.91 Å². The molecule has 0 saturated carbocycles. The summed E-state index contributed by atoms with van der Waals surface area (Å²) in [5.74, 6) is 1.63. The molecule has 0 N–H and O–H groups in total. The number of piperidine rings is 1. The normalized spacial score (nSPS) is 18.3. The van der Waals surface area contributed by atoms with Crippen LogP contribution in [0, 0.1) is 13.8 Å². The molecule has 2 aromatic heterocycles. The third-order valence-corrected chi connectivity index (χ3v) is 3.92. The molecular formula is C16H19N5O. The van der Waals surface area contributed by atoms with Gasteiger partial charge in [-0.25, -0.2) is 19.9 Å². The quantitative estimate of drug-likeness (QED) is 0.846. The van der Waals surface area contributed by atoms with Crippen LogP contribution >= 0.6 is 0 Å². The third-order valence-electron chi connectivity index (χ3n) is 3.92. The predicted molar refractivity (Wildman–Crippen MR) is 81.4 cm³/mol. The van der Waals surface area contributed by atoms with Crippen LogP contribution < -0.4 is 0 Å². The van der Waals surface area contributed by atoms with E-state index in [4.69, 9.17) is 0 Å². The summed E-state index contributed by atoms with van der Waals surface area (Å²) >= 11 is 0. The number of hydrogen-bond donors (Lipinski definition) is 0. The van der Waals surface area contributed by atoms with Gasteiger partial charge in [0, 0.05) is 37.1 Å². The van der Waals surface area contributed by atoms with E-state index in [1.54, 1.807) is 25.4 Å². The number of likely N-dealkylation sites (tertiary alicyclic amines) is 1. The van der Waals surface area contributed by atoms with Gasteiger partial charge < -0.3 is 4.90 Å². The van der Waals surface area contributed by atoms with E-state index in [-0.39, 0.29) is 11.8 Å². The van der Waals surface area contributed by atoms with Crippen LogP contribution in [-0.2, 0) is 0 Å². The van der Waals surface area contributed by atoms with Crippen molar-refractivity contribution in [2.24, 2.45) is 0 Å². The second-order valence-electron chi connectivity index (χ2n) is 5.61. The van der Waals surface area contributed by atoms with E-state index in [1.807, 2.05) is 17.9 Å². The Morgan fingerprint density at radius 1 is 1.14 bits per heavy atom. The highest BCUT2D eigenvalue weighted by Crippen LogP contribution is 2.26. The first-order valence-corrected chi connectivity index (χ1v) is 7.52. The molecule has 0 radical (unpaired) electrons. The molecule has 2 aromatic rings. The fourth-order valence-electron chi connectivity index (χ4n) is 2.84. The van der Waals surface area contributed by atoms with Gasteiger partial charge in [-0.1, -0.05) is 0 Å². The maximum atomic E-state index is 12.6. The molecule has 0 unspecified atom stereocenters. The lowest BCUT2D eigenvalue weighted by molar-refractivity contribution is 0.0699. The molecule has 0 bridgehead atoms. The van der Waals surface area contributed by atoms with E-state index in [9.17, 15) is 4.79 Å². The van der Waals surface area contributed by atoms with Crippen molar-refractivity contribution < 1.29 is 4.79 Å². The first-order valence-electron chi connectivity index (χ1n) is 7.52. The molecule has 3 rings (SSSR count). The molecule has 1 amide bonds. The highest BCUT2D eigenvalue weighted by molar-refractivity contribution is 5.92. The van der Waals surface area contributed by atoms with Crippen LogP contribution in [0.2, 0.25) is 0 Å². The zero-order chi connectivity index (χ0) is 15.5. The van der Waals surface area contributed by atoms with Gasteiger partial charge in [0.2, 0.25) is 0 Å². The Morgan fingerprint density at radius 2 is 1.86 bits per heavy atom. The van der Waals surface area contributed by atoms with Crippen LogP contribution in [0.25, 0.3) is 0 Å². The minimum absolute atomic E-state index is 0.0269. The van der Waals surface area contributed by atoms with E-state index < -0.39 is 0 Å². The molecule has 1 fully saturated rings. The number of carbonyl (C=O) groups excluding carboxylic acids is 1. The number of nitrogens with zero attached hydrogens (tertiary/aromatic N) is 5. The monoisotopic (exact) mass is 297 g/mol. The summed E-state index contributed by atoms with van der Waals surface area (Å²) in [6.45, 7) is 5.12. The summed E-state index contributed by atoms with van der Waals surface area (Å²) in [6.07, 6.45) is 5.43. The largest absolute Gasteiger partial charge is 0.337 e. The molecular weight excluding hydrogens is 278 g/mol. The van der Waals surface area contributed by atoms with E-state index >= 15 is 0 Å². The summed E-state index contributed by atoms with van der Waals surface area (Å²) in [4.78, 5) is 31.4. The molecule has 3 heterocycles. The Kier molecular flexibility index (Phi) is 4.09. The maximum Gasteiger partial charge on any atom is 0.272 e. The fourth-order valence-corrected chi connectivity index (χ4v) is 2.84. The molecule has 1 atom stereocenters. The van der Waals surface area contributed by atoms with E-state index in [0.717, 1.165) is 30.9 Å². The van der Waals surface area contributed by atoms with Gasteiger partial charge in [-0.2, -0.15) is 0 Å². The van der Waals surface area contributed by atoms with Gasteiger partial charge in [0.05, 0.1) is 0 Å². The van der Waals surface area contributed by atoms with Crippen LogP contribution in [0.15, 0.2) is 24.5 Å². The molecule has 0 spiro atoms. The van der Waals surface area contributed by atoms with Gasteiger partial charge in [0.1, 0.15) is 17.3 Å². The average Bonchev–Trinajstić information content (AvgIpc) is 2.54. The lowest BCUT2D eigenvalue weighted by atomic mass is 9.94. The van der Waals surface area contributed by atoms with Crippen molar-refractivity contribution in [2.75, 3.05) is 13.1 Å². The lowest BCUT2D eigenvalue weighted by Crippen LogP contribution is -2.39. The summed E-state index contributed by atoms with van der Waals surface area (Å²) in [5.41, 5.74) is 1.48. The van der Waals surface area contributed by atoms with Gasteiger partial charge in [-0.3, -0.25) is 4.79 Å². The topological polar surface area (TPSA) is 71.9 Å². The minimum Gasteiger partial charge on any atom is -0.337 e. The maximum absolute atomic E-state index is 12.6. The van der Waals surface area contributed by atoms with Crippen LogP contribution in [0.3, 0.4) is 0 Å². The Bertz CT molecular complexity index is 688. The number of amides is 1. The SMILES string of the molecule is Cc1nccc(C(=O)N2CCC[C@H](c3ccnc(C)n3)C2)n1. The zero-order valence-electron chi connectivity index (χ0n) is 12.9. The molecule has 6 heteroatoms. The number of aromatic nitrogens is 4. The zero-order valence-corrected chi connectivity index (χ0v) is 12.9. The number of rotatable bonds is 2. The minimum atomic E-state index is -0.0269. The highest BCUT2D eigenvalue weighted by atomic mass is 16.2. The molecule has 1 aliphatic heterocycles. The van der Waals surface area contributed by atoms with Crippen molar-refractivity contribution in [3.8, 4) is 0 Å². The summed E-state index contributed by atoms with van der Waals surface area (Å²) in [7, 11) is 0. The molecule has 1 aliphatic rings. The molecule has 0 aromatic carbocycles. The van der Waals surface area contributed by atoms with Crippen molar-refractivity contribution >= 4 is 5.91 Å². The van der Waals surface area contributed by atoms with Crippen LogP contribution in [0.5, 0.6) is 0 Å². The summed E-state index contributed by atoms with van der Waals surface area (Å²) < 4.78 is 0. The van der Waals surface area contributed by atoms with Crippen LogP contribution in [0.1, 0.15) is 46.6 Å². The summed E-state index contributed by atoms with van der Waals surface area (Å²) in [5, 5.41) is 0. The average molecular weight is 297 g/mol. The molecule has 22 heavy (non-hydrogen) atoms. The van der Waals surface area contributed by atoms with Crippen molar-refractivity contribution in [3.63, 3.8) is 0 Å². The van der Waals surface area contributed by atoms with Crippen molar-refractivity contribution in [3.05, 3.63) is 47.6 Å². The molecule has 114 valence electrons. The summed E-state index contributed by atoms with van der Waals surface area (Å²) in [6, 6.07) is 3.62. The van der Waals surface area contributed by atoms with E-state index in [1.165, 1.54) is 0 Å².